The number of sulfonamides is 1. The van der Waals surface area contributed by atoms with Crippen LogP contribution in [0.1, 0.15) is 47.8 Å². The predicted molar refractivity (Wildman–Crippen MR) is 138 cm³/mol. The Bertz CT molecular complexity index is 1450. The van der Waals surface area contributed by atoms with Gasteiger partial charge >= 0.3 is 0 Å². The Morgan fingerprint density at radius 1 is 0.912 bits per heavy atom. The molecule has 0 unspecified atom stereocenters. The fourth-order valence-electron chi connectivity index (χ4n) is 3.68. The molecule has 1 aliphatic carbocycles. The van der Waals surface area contributed by atoms with E-state index in [0.29, 0.717) is 21.8 Å². The molecule has 0 saturated carbocycles. The molecule has 0 bridgehead atoms. The number of ketones is 1. The largest absolute Gasteiger partial charge is 0.352 e. The lowest BCUT2D eigenvalue weighted by molar-refractivity contribution is 0.103. The fourth-order valence-corrected chi connectivity index (χ4v) is 4.85. The highest BCUT2D eigenvalue weighted by Crippen LogP contribution is 2.28. The summed E-state index contributed by atoms with van der Waals surface area (Å²) in [7, 11) is -4.01. The summed E-state index contributed by atoms with van der Waals surface area (Å²) in [6, 6.07) is 18.9. The van der Waals surface area contributed by atoms with Gasteiger partial charge in [0.1, 0.15) is 0 Å². The molecular weight excluding hydrogens is 468 g/mol. The summed E-state index contributed by atoms with van der Waals surface area (Å²) >= 11 is 6.13. The van der Waals surface area contributed by atoms with Crippen molar-refractivity contribution in [1.82, 2.24) is 0 Å². The van der Waals surface area contributed by atoms with Gasteiger partial charge in [-0.25, -0.2) is 0 Å². The van der Waals surface area contributed by atoms with Crippen molar-refractivity contribution in [2.75, 3.05) is 5.32 Å². The molecule has 0 radical (unpaired) electrons. The number of Topliss-reactive ketones (excluding diaryl/α,β-unsaturated/α-hetero) is 1. The first kappa shape index (κ1) is 23.9. The van der Waals surface area contributed by atoms with Crippen LogP contribution in [0, 0.1) is 6.92 Å². The monoisotopic (exact) mass is 492 g/mol. The van der Waals surface area contributed by atoms with Crippen molar-refractivity contribution in [3.05, 3.63) is 106 Å². The number of allylic oxidation sites excluding steroid dienone is 2. The van der Waals surface area contributed by atoms with Gasteiger partial charge in [-0.05, 0) is 53.8 Å². The zero-order valence-corrected chi connectivity index (χ0v) is 21.0. The van der Waals surface area contributed by atoms with Crippen LogP contribution in [0.4, 0.5) is 5.69 Å². The van der Waals surface area contributed by atoms with Gasteiger partial charge in [0.2, 0.25) is 5.78 Å². The first-order valence-electron chi connectivity index (χ1n) is 10.8. The number of hydrogen-bond acceptors (Lipinski definition) is 4. The Kier molecular flexibility index (Phi) is 6.23. The second kappa shape index (κ2) is 8.85. The molecule has 0 atom stereocenters. The van der Waals surface area contributed by atoms with Crippen molar-refractivity contribution in [2.24, 2.45) is 4.40 Å². The molecule has 5 nitrogen and oxygen atoms in total. The topological polar surface area (TPSA) is 75.6 Å². The molecule has 0 aromatic heterocycles. The van der Waals surface area contributed by atoms with Crippen LogP contribution in [-0.2, 0) is 15.4 Å². The first-order chi connectivity index (χ1) is 16.0. The maximum Gasteiger partial charge on any atom is 0.282 e. The molecule has 0 spiro atoms. The molecule has 0 heterocycles. The molecule has 174 valence electrons. The molecular formula is C27H25ClN2O3S. The normalized spacial score (nSPS) is 15.1. The number of nitrogens with zero attached hydrogens (tertiary/aromatic N) is 1. The molecule has 0 aliphatic heterocycles. The highest BCUT2D eigenvalue weighted by Gasteiger charge is 2.27. The van der Waals surface area contributed by atoms with E-state index in [2.05, 4.69) is 30.5 Å². The first-order valence-corrected chi connectivity index (χ1v) is 12.6. The number of fused-ring (bicyclic) bond motifs is 1. The number of hydrogen-bond donors (Lipinski definition) is 1. The van der Waals surface area contributed by atoms with Crippen LogP contribution < -0.4 is 5.32 Å². The second-order valence-corrected chi connectivity index (χ2v) is 11.3. The molecule has 7 heteroatoms. The van der Waals surface area contributed by atoms with Gasteiger partial charge in [-0.3, -0.25) is 4.79 Å². The fraction of sp³-hybridized carbons (Fsp3) is 0.185. The number of carbonyl (C=O) groups is 1. The minimum absolute atomic E-state index is 0.0935. The summed E-state index contributed by atoms with van der Waals surface area (Å²) in [6.07, 6.45) is 1.48. The number of nitrogens with one attached hydrogen (secondary N) is 1. The summed E-state index contributed by atoms with van der Waals surface area (Å²) in [4.78, 5) is 13.3. The lowest BCUT2D eigenvalue weighted by atomic mass is 9.87. The van der Waals surface area contributed by atoms with Crippen molar-refractivity contribution in [2.45, 2.75) is 38.0 Å². The van der Waals surface area contributed by atoms with Gasteiger partial charge in [-0.1, -0.05) is 74.8 Å². The van der Waals surface area contributed by atoms with E-state index in [-0.39, 0.29) is 27.5 Å². The SMILES string of the molecule is Cc1ccc(Cl)cc1NC1=C/C(=N/S(=O)(=O)c2ccc(C(C)(C)C)cc2)c2ccccc2C1=O. The van der Waals surface area contributed by atoms with E-state index in [0.717, 1.165) is 11.1 Å². The summed E-state index contributed by atoms with van der Waals surface area (Å²) in [5.41, 5.74) is 3.74. The number of anilines is 1. The van der Waals surface area contributed by atoms with E-state index in [1.807, 2.05) is 13.0 Å². The average molecular weight is 493 g/mol. The maximum atomic E-state index is 13.2. The van der Waals surface area contributed by atoms with E-state index in [9.17, 15) is 13.2 Å². The van der Waals surface area contributed by atoms with Crippen molar-refractivity contribution >= 4 is 38.8 Å². The Morgan fingerprint density at radius 2 is 1.56 bits per heavy atom. The van der Waals surface area contributed by atoms with Crippen LogP contribution in [0.15, 0.2) is 87.8 Å². The van der Waals surface area contributed by atoms with E-state index in [4.69, 9.17) is 11.6 Å². The minimum Gasteiger partial charge on any atom is -0.352 e. The van der Waals surface area contributed by atoms with Gasteiger partial charge in [-0.15, -0.1) is 0 Å². The zero-order chi connectivity index (χ0) is 24.7. The van der Waals surface area contributed by atoms with Gasteiger partial charge in [0, 0.05) is 21.8 Å². The van der Waals surface area contributed by atoms with Crippen LogP contribution in [0.2, 0.25) is 5.02 Å². The van der Waals surface area contributed by atoms with Crippen molar-refractivity contribution in [3.8, 4) is 0 Å². The third-order valence-corrected chi connectivity index (χ3v) is 7.22. The molecule has 1 N–H and O–H groups in total. The summed E-state index contributed by atoms with van der Waals surface area (Å²) in [5.74, 6) is -0.249. The zero-order valence-electron chi connectivity index (χ0n) is 19.4. The molecule has 0 fully saturated rings. The number of carbonyl (C=O) groups excluding carboxylic acids is 1. The Morgan fingerprint density at radius 3 is 2.21 bits per heavy atom. The van der Waals surface area contributed by atoms with Crippen molar-refractivity contribution in [1.29, 1.82) is 0 Å². The summed E-state index contributed by atoms with van der Waals surface area (Å²) in [5, 5.41) is 3.63. The van der Waals surface area contributed by atoms with E-state index in [1.54, 1.807) is 60.7 Å². The van der Waals surface area contributed by atoms with E-state index < -0.39 is 10.0 Å². The third-order valence-electron chi connectivity index (χ3n) is 5.68. The minimum atomic E-state index is -4.01. The Labute approximate surface area is 205 Å². The quantitative estimate of drug-likeness (QED) is 0.462. The van der Waals surface area contributed by atoms with E-state index >= 15 is 0 Å². The molecule has 4 rings (SSSR count). The smallest absolute Gasteiger partial charge is 0.282 e. The number of benzene rings is 3. The standard InChI is InChI=1S/C27H25ClN2O3S/c1-17-9-12-19(28)15-23(17)29-25-16-24(21-7-5-6-8-22(21)26(25)31)30-34(32,33)20-13-10-18(11-14-20)27(2,3)4/h5-16,29H,1-4H3/b30-24-. The average Bonchev–Trinajstić information content (AvgIpc) is 2.79. The molecule has 3 aromatic rings. The van der Waals surface area contributed by atoms with Gasteiger partial charge in [0.05, 0.1) is 16.3 Å². The van der Waals surface area contributed by atoms with Crippen LogP contribution in [-0.4, -0.2) is 19.9 Å². The van der Waals surface area contributed by atoms with Gasteiger partial charge in [0.15, 0.2) is 0 Å². The van der Waals surface area contributed by atoms with Crippen LogP contribution >= 0.6 is 11.6 Å². The number of halogens is 1. The van der Waals surface area contributed by atoms with Crippen LogP contribution in [0.3, 0.4) is 0 Å². The second-order valence-electron chi connectivity index (χ2n) is 9.24. The Hall–Kier alpha value is -3.22. The van der Waals surface area contributed by atoms with Gasteiger partial charge in [-0.2, -0.15) is 12.8 Å². The Balaban J connectivity index is 1.79. The van der Waals surface area contributed by atoms with Gasteiger partial charge < -0.3 is 5.32 Å². The van der Waals surface area contributed by atoms with Crippen LogP contribution in [0.5, 0.6) is 0 Å². The molecule has 1 aliphatic rings. The number of rotatable bonds is 4. The van der Waals surface area contributed by atoms with Crippen LogP contribution in [0.25, 0.3) is 0 Å². The van der Waals surface area contributed by atoms with Crippen molar-refractivity contribution in [3.63, 3.8) is 0 Å². The maximum absolute atomic E-state index is 13.2. The lowest BCUT2D eigenvalue weighted by Gasteiger charge is -2.20. The molecule has 0 saturated heterocycles. The van der Waals surface area contributed by atoms with E-state index in [1.165, 1.54) is 6.08 Å². The molecule has 3 aromatic carbocycles. The third kappa shape index (κ3) is 4.83. The van der Waals surface area contributed by atoms with Crippen molar-refractivity contribution < 1.29 is 13.2 Å². The lowest BCUT2D eigenvalue weighted by Crippen LogP contribution is -2.23. The summed E-state index contributed by atoms with van der Waals surface area (Å²) in [6.45, 7) is 8.08. The molecule has 0 amide bonds. The number of aryl methyl sites for hydroxylation is 1. The highest BCUT2D eigenvalue weighted by molar-refractivity contribution is 7.90. The predicted octanol–water partition coefficient (Wildman–Crippen LogP) is 6.32. The highest BCUT2D eigenvalue weighted by atomic mass is 35.5. The summed E-state index contributed by atoms with van der Waals surface area (Å²) < 4.78 is 30.5. The molecule has 34 heavy (non-hydrogen) atoms. The van der Waals surface area contributed by atoms with Gasteiger partial charge in [0.25, 0.3) is 10.0 Å².